The van der Waals surface area contributed by atoms with Crippen LogP contribution >= 0.6 is 0 Å². The van der Waals surface area contributed by atoms with Crippen molar-refractivity contribution in [3.05, 3.63) is 23.8 Å². The molecule has 0 saturated carbocycles. The summed E-state index contributed by atoms with van der Waals surface area (Å²) in [5.41, 5.74) is 0.339. The van der Waals surface area contributed by atoms with Crippen LogP contribution in [0.4, 0.5) is 13.2 Å². The quantitative estimate of drug-likeness (QED) is 0.844. The van der Waals surface area contributed by atoms with Crippen molar-refractivity contribution in [3.63, 3.8) is 0 Å². The summed E-state index contributed by atoms with van der Waals surface area (Å²) in [5, 5.41) is 2.98. The van der Waals surface area contributed by atoms with E-state index in [0.29, 0.717) is 12.2 Å². The Morgan fingerprint density at radius 3 is 2.60 bits per heavy atom. The van der Waals surface area contributed by atoms with Crippen LogP contribution in [0, 0.1) is 0 Å². The predicted molar refractivity (Wildman–Crippen MR) is 49.0 cm³/mol. The molecule has 1 N–H and O–H groups in total. The lowest BCUT2D eigenvalue weighted by molar-refractivity contribution is -0.145. The molecule has 84 valence electrons. The molecule has 0 aliphatic heterocycles. The molecule has 0 atom stereocenters. The van der Waals surface area contributed by atoms with E-state index in [1.165, 1.54) is 6.07 Å². The minimum Gasteiger partial charge on any atom is -0.309 e. The second-order valence-electron chi connectivity index (χ2n) is 3.40. The molecule has 0 aliphatic rings. The Balaban J connectivity index is 2.75. The van der Waals surface area contributed by atoms with Crippen LogP contribution in [0.2, 0.25) is 0 Å². The van der Waals surface area contributed by atoms with E-state index in [1.54, 1.807) is 0 Å². The van der Waals surface area contributed by atoms with Gasteiger partial charge in [0.25, 0.3) is 0 Å². The largest absolute Gasteiger partial charge is 0.451 e. The van der Waals surface area contributed by atoms with Gasteiger partial charge in [0.15, 0.2) is 0 Å². The van der Waals surface area contributed by atoms with Gasteiger partial charge in [0, 0.05) is 18.8 Å². The average molecular weight is 219 g/mol. The third-order valence-corrected chi connectivity index (χ3v) is 1.66. The van der Waals surface area contributed by atoms with Gasteiger partial charge in [0.1, 0.15) is 0 Å². The molecule has 1 heterocycles. The summed E-state index contributed by atoms with van der Waals surface area (Å²) in [6.07, 6.45) is -3.36. The zero-order valence-corrected chi connectivity index (χ0v) is 8.47. The molecule has 0 aromatic carbocycles. The minimum atomic E-state index is -4.48. The van der Waals surface area contributed by atoms with Crippen LogP contribution in [-0.4, -0.2) is 16.0 Å². The third-order valence-electron chi connectivity index (χ3n) is 1.66. The van der Waals surface area contributed by atoms with Crippen LogP contribution in [0.1, 0.15) is 25.4 Å². The molecule has 0 radical (unpaired) electrons. The van der Waals surface area contributed by atoms with Gasteiger partial charge in [-0.15, -0.1) is 0 Å². The Kier molecular flexibility index (Phi) is 3.62. The first-order valence-corrected chi connectivity index (χ1v) is 4.52. The summed E-state index contributed by atoms with van der Waals surface area (Å²) in [5.74, 6) is -1.09. The summed E-state index contributed by atoms with van der Waals surface area (Å²) in [6.45, 7) is 4.13. The molecule has 1 aromatic heterocycles. The first-order chi connectivity index (χ1) is 6.89. The van der Waals surface area contributed by atoms with Gasteiger partial charge in [-0.2, -0.15) is 13.2 Å². The van der Waals surface area contributed by atoms with Crippen LogP contribution in [0.5, 0.6) is 0 Å². The first kappa shape index (κ1) is 11.9. The molecule has 0 saturated heterocycles. The standard InChI is InChI=1S/C9H12F3N3/c1-6(2)14-5-7-3-4-13-8(15-7)9(10,11)12/h3-4,6,14H,5H2,1-2H3. The Hall–Kier alpha value is -1.17. The fraction of sp³-hybridized carbons (Fsp3) is 0.556. The minimum absolute atomic E-state index is 0.203. The number of hydrogen-bond acceptors (Lipinski definition) is 3. The number of halogens is 3. The number of nitrogens with one attached hydrogen (secondary N) is 1. The molecule has 0 unspecified atom stereocenters. The Labute approximate surface area is 85.7 Å². The highest BCUT2D eigenvalue weighted by Crippen LogP contribution is 2.25. The van der Waals surface area contributed by atoms with Gasteiger partial charge in [0.2, 0.25) is 5.82 Å². The van der Waals surface area contributed by atoms with E-state index in [-0.39, 0.29) is 6.04 Å². The van der Waals surface area contributed by atoms with Crippen molar-refractivity contribution >= 4 is 0 Å². The zero-order valence-electron chi connectivity index (χ0n) is 8.47. The lowest BCUT2D eigenvalue weighted by Gasteiger charge is -2.09. The number of aromatic nitrogens is 2. The Morgan fingerprint density at radius 2 is 2.07 bits per heavy atom. The first-order valence-electron chi connectivity index (χ1n) is 4.52. The summed E-state index contributed by atoms with van der Waals surface area (Å²) in [4.78, 5) is 6.59. The monoisotopic (exact) mass is 219 g/mol. The number of nitrogens with zero attached hydrogens (tertiary/aromatic N) is 2. The average Bonchev–Trinajstić information content (AvgIpc) is 2.14. The molecule has 0 bridgehead atoms. The molecular formula is C9H12F3N3. The third kappa shape index (κ3) is 3.83. The summed E-state index contributed by atoms with van der Waals surface area (Å²) >= 11 is 0. The highest BCUT2D eigenvalue weighted by atomic mass is 19.4. The molecule has 3 nitrogen and oxygen atoms in total. The predicted octanol–water partition coefficient (Wildman–Crippen LogP) is 1.99. The van der Waals surface area contributed by atoms with Crippen molar-refractivity contribution < 1.29 is 13.2 Å². The SMILES string of the molecule is CC(C)NCc1ccnc(C(F)(F)F)n1. The van der Waals surface area contributed by atoms with E-state index in [4.69, 9.17) is 0 Å². The van der Waals surface area contributed by atoms with Crippen molar-refractivity contribution in [2.24, 2.45) is 0 Å². The molecule has 0 spiro atoms. The zero-order chi connectivity index (χ0) is 11.5. The number of hydrogen-bond donors (Lipinski definition) is 1. The van der Waals surface area contributed by atoms with Crippen LogP contribution < -0.4 is 5.32 Å². The second-order valence-corrected chi connectivity index (χ2v) is 3.40. The molecule has 1 aromatic rings. The summed E-state index contributed by atoms with van der Waals surface area (Å²) in [6, 6.07) is 1.67. The maximum atomic E-state index is 12.2. The molecule has 1 rings (SSSR count). The number of alkyl halides is 3. The topological polar surface area (TPSA) is 37.8 Å². The van der Waals surface area contributed by atoms with Crippen molar-refractivity contribution in [1.82, 2.24) is 15.3 Å². The van der Waals surface area contributed by atoms with Crippen LogP contribution in [0.3, 0.4) is 0 Å². The van der Waals surface area contributed by atoms with E-state index in [1.807, 2.05) is 13.8 Å². The summed E-state index contributed by atoms with van der Waals surface area (Å²) in [7, 11) is 0. The molecule has 0 amide bonds. The number of rotatable bonds is 3. The molecule has 15 heavy (non-hydrogen) atoms. The van der Waals surface area contributed by atoms with Gasteiger partial charge in [-0.1, -0.05) is 13.8 Å². The van der Waals surface area contributed by atoms with Gasteiger partial charge in [-0.25, -0.2) is 9.97 Å². The van der Waals surface area contributed by atoms with Gasteiger partial charge in [-0.05, 0) is 6.07 Å². The smallest absolute Gasteiger partial charge is 0.309 e. The molecule has 6 heteroatoms. The fourth-order valence-electron chi connectivity index (χ4n) is 0.940. The highest BCUT2D eigenvalue weighted by molar-refractivity contribution is 5.04. The lowest BCUT2D eigenvalue weighted by atomic mass is 10.3. The molecule has 0 fully saturated rings. The van der Waals surface area contributed by atoms with Gasteiger partial charge in [0.05, 0.1) is 5.69 Å². The van der Waals surface area contributed by atoms with E-state index < -0.39 is 12.0 Å². The molecular weight excluding hydrogens is 207 g/mol. The van der Waals surface area contributed by atoms with Crippen molar-refractivity contribution in [2.45, 2.75) is 32.6 Å². The van der Waals surface area contributed by atoms with Gasteiger partial charge >= 0.3 is 6.18 Å². The van der Waals surface area contributed by atoms with E-state index in [9.17, 15) is 13.2 Å². The molecule has 0 aliphatic carbocycles. The Bertz CT molecular complexity index is 323. The fourth-order valence-corrected chi connectivity index (χ4v) is 0.940. The van der Waals surface area contributed by atoms with Gasteiger partial charge in [-0.3, -0.25) is 0 Å². The van der Waals surface area contributed by atoms with Crippen molar-refractivity contribution in [1.29, 1.82) is 0 Å². The van der Waals surface area contributed by atoms with Crippen molar-refractivity contribution in [2.75, 3.05) is 0 Å². The maximum absolute atomic E-state index is 12.2. The van der Waals surface area contributed by atoms with Crippen LogP contribution in [-0.2, 0) is 12.7 Å². The van der Waals surface area contributed by atoms with E-state index in [2.05, 4.69) is 15.3 Å². The second kappa shape index (κ2) is 4.57. The lowest BCUT2D eigenvalue weighted by Crippen LogP contribution is -2.23. The normalized spacial score (nSPS) is 12.1. The highest BCUT2D eigenvalue weighted by Gasteiger charge is 2.34. The Morgan fingerprint density at radius 1 is 1.40 bits per heavy atom. The van der Waals surface area contributed by atoms with E-state index >= 15 is 0 Å². The van der Waals surface area contributed by atoms with Crippen LogP contribution in [0.15, 0.2) is 12.3 Å². The van der Waals surface area contributed by atoms with Crippen molar-refractivity contribution in [3.8, 4) is 0 Å². The summed E-state index contributed by atoms with van der Waals surface area (Å²) < 4.78 is 36.7. The van der Waals surface area contributed by atoms with Gasteiger partial charge < -0.3 is 5.32 Å². The van der Waals surface area contributed by atoms with Crippen LogP contribution in [0.25, 0.3) is 0 Å². The maximum Gasteiger partial charge on any atom is 0.451 e. The van der Waals surface area contributed by atoms with E-state index in [0.717, 1.165) is 6.20 Å².